The van der Waals surface area contributed by atoms with E-state index in [1.54, 1.807) is 0 Å². The van der Waals surface area contributed by atoms with Crippen molar-refractivity contribution in [3.63, 3.8) is 0 Å². The van der Waals surface area contributed by atoms with Crippen LogP contribution in [0.15, 0.2) is 46.1 Å². The first kappa shape index (κ1) is 20.4. The molecule has 0 saturated heterocycles. The molecule has 7 nitrogen and oxygen atoms in total. The van der Waals surface area contributed by atoms with E-state index in [0.29, 0.717) is 10.3 Å². The lowest BCUT2D eigenvalue weighted by atomic mass is 10.2. The maximum Gasteiger partial charge on any atom is 0.418 e. The van der Waals surface area contributed by atoms with Gasteiger partial charge in [-0.15, -0.1) is 11.8 Å². The van der Waals surface area contributed by atoms with Gasteiger partial charge >= 0.3 is 17.3 Å². The first-order valence-corrected chi connectivity index (χ1v) is 8.63. The Bertz CT molecular complexity index is 803. The van der Waals surface area contributed by atoms with E-state index in [4.69, 9.17) is 5.11 Å². The van der Waals surface area contributed by atoms with Crippen LogP contribution in [0, 0.1) is 17.0 Å². The smallest absolute Gasteiger partial charge is 0.418 e. The van der Waals surface area contributed by atoms with Gasteiger partial charge in [0.15, 0.2) is 0 Å². The third-order valence-corrected chi connectivity index (χ3v) is 4.04. The zero-order chi connectivity index (χ0) is 19.0. The molecule has 0 aliphatic rings. The summed E-state index contributed by atoms with van der Waals surface area (Å²) in [6, 6.07) is 10.6. The Morgan fingerprint density at radius 1 is 1.28 bits per heavy atom. The van der Waals surface area contributed by atoms with Gasteiger partial charge in [-0.2, -0.15) is 0 Å². The molecule has 0 amide bonds. The van der Waals surface area contributed by atoms with Crippen molar-refractivity contribution in [2.45, 2.75) is 37.8 Å². The zero-order valence-corrected chi connectivity index (χ0v) is 15.1. The SMILES string of the molecule is CCC.Cc1cc(SCc2ccccc2)c([N+](=O)[O-])c(=O)n1C(=O)O. The number of thioether (sulfide) groups is 1. The minimum Gasteiger partial charge on any atom is -0.464 e. The van der Waals surface area contributed by atoms with Gasteiger partial charge in [0.1, 0.15) is 0 Å². The molecule has 2 aromatic rings. The van der Waals surface area contributed by atoms with Gasteiger partial charge in [0.25, 0.3) is 0 Å². The molecule has 0 unspecified atom stereocenters. The second kappa shape index (κ2) is 9.63. The maximum atomic E-state index is 12.0. The highest BCUT2D eigenvalue weighted by molar-refractivity contribution is 7.98. The van der Waals surface area contributed by atoms with Crippen LogP contribution in [-0.4, -0.2) is 20.7 Å². The molecule has 1 aromatic carbocycles. The van der Waals surface area contributed by atoms with Crippen LogP contribution in [0.25, 0.3) is 0 Å². The Balaban J connectivity index is 0.000000970. The zero-order valence-electron chi connectivity index (χ0n) is 14.3. The van der Waals surface area contributed by atoms with Gasteiger partial charge in [-0.1, -0.05) is 50.6 Å². The van der Waals surface area contributed by atoms with Crippen LogP contribution >= 0.6 is 11.8 Å². The summed E-state index contributed by atoms with van der Waals surface area (Å²) in [6.45, 7) is 5.67. The predicted octanol–water partition coefficient (Wildman–Crippen LogP) is 4.30. The Labute approximate surface area is 149 Å². The van der Waals surface area contributed by atoms with Crippen LogP contribution in [0.1, 0.15) is 31.5 Å². The Kier molecular flexibility index (Phi) is 7.87. The number of rotatable bonds is 4. The molecule has 0 radical (unpaired) electrons. The van der Waals surface area contributed by atoms with Crippen LogP contribution in [0.2, 0.25) is 0 Å². The van der Waals surface area contributed by atoms with Crippen molar-refractivity contribution in [1.82, 2.24) is 4.57 Å². The highest BCUT2D eigenvalue weighted by atomic mass is 32.2. The third-order valence-electron chi connectivity index (χ3n) is 2.94. The molecule has 0 saturated carbocycles. The predicted molar refractivity (Wildman–Crippen MR) is 97.5 cm³/mol. The lowest BCUT2D eigenvalue weighted by Gasteiger charge is -2.08. The van der Waals surface area contributed by atoms with Crippen LogP contribution in [0.4, 0.5) is 10.5 Å². The second-order valence-corrected chi connectivity index (χ2v) is 6.18. The van der Waals surface area contributed by atoms with Crippen LogP contribution < -0.4 is 5.56 Å². The number of pyridine rings is 1. The molecule has 0 fully saturated rings. The summed E-state index contributed by atoms with van der Waals surface area (Å²) in [5, 5.41) is 20.1. The molecule has 134 valence electrons. The molecule has 1 heterocycles. The molecule has 1 N–H and O–H groups in total. The minimum absolute atomic E-state index is 0.138. The summed E-state index contributed by atoms with van der Waals surface area (Å²) in [5.74, 6) is 0.442. The van der Waals surface area contributed by atoms with Gasteiger partial charge in [-0.25, -0.2) is 9.36 Å². The van der Waals surface area contributed by atoms with Gasteiger partial charge in [0.05, 0.1) is 9.82 Å². The Hall–Kier alpha value is -2.61. The second-order valence-electron chi connectivity index (χ2n) is 5.16. The van der Waals surface area contributed by atoms with Gasteiger partial charge in [0.2, 0.25) is 0 Å². The average molecular weight is 364 g/mol. The number of nitro groups is 1. The summed E-state index contributed by atoms with van der Waals surface area (Å²) >= 11 is 1.13. The fraction of sp³-hybridized carbons (Fsp3) is 0.294. The first-order valence-electron chi connectivity index (χ1n) is 7.64. The number of aryl methyl sites for hydroxylation is 1. The number of nitrogens with zero attached hydrogens (tertiary/aromatic N) is 2. The molecule has 25 heavy (non-hydrogen) atoms. The van der Waals surface area contributed by atoms with E-state index in [1.807, 2.05) is 30.3 Å². The highest BCUT2D eigenvalue weighted by Crippen LogP contribution is 2.29. The number of benzene rings is 1. The van der Waals surface area contributed by atoms with Crippen molar-refractivity contribution in [2.75, 3.05) is 0 Å². The highest BCUT2D eigenvalue weighted by Gasteiger charge is 2.25. The maximum absolute atomic E-state index is 12.0. The first-order chi connectivity index (χ1) is 11.8. The fourth-order valence-electron chi connectivity index (χ4n) is 1.95. The number of carbonyl (C=O) groups is 1. The summed E-state index contributed by atoms with van der Waals surface area (Å²) in [6.07, 6.45) is -0.287. The van der Waals surface area contributed by atoms with E-state index in [-0.39, 0.29) is 10.6 Å². The normalized spacial score (nSPS) is 9.88. The van der Waals surface area contributed by atoms with Crippen LogP contribution in [-0.2, 0) is 5.75 Å². The third kappa shape index (κ3) is 5.46. The standard InChI is InChI=1S/C14H12N2O5S.C3H8/c1-9-7-11(22-8-10-5-3-2-4-6-10)12(16(20)21)13(17)15(9)14(18)19;1-3-2/h2-7H,8H2,1H3,(H,18,19);3H2,1-2H3. The quantitative estimate of drug-likeness (QED) is 0.493. The summed E-state index contributed by atoms with van der Waals surface area (Å²) < 4.78 is 0.380. The van der Waals surface area contributed by atoms with E-state index in [2.05, 4.69) is 13.8 Å². The molecule has 1 aromatic heterocycles. The summed E-state index contributed by atoms with van der Waals surface area (Å²) in [5.41, 5.74) is -0.762. The molecule has 0 spiro atoms. The Morgan fingerprint density at radius 3 is 2.32 bits per heavy atom. The van der Waals surface area contributed by atoms with Gasteiger partial charge in [0, 0.05) is 11.4 Å². The van der Waals surface area contributed by atoms with Crippen molar-refractivity contribution in [1.29, 1.82) is 0 Å². The minimum atomic E-state index is -1.54. The van der Waals surface area contributed by atoms with E-state index >= 15 is 0 Å². The van der Waals surface area contributed by atoms with E-state index in [0.717, 1.165) is 17.3 Å². The monoisotopic (exact) mass is 364 g/mol. The summed E-state index contributed by atoms with van der Waals surface area (Å²) in [7, 11) is 0. The van der Waals surface area contributed by atoms with Gasteiger partial charge in [-0.3, -0.25) is 14.9 Å². The molecule has 8 heteroatoms. The van der Waals surface area contributed by atoms with Crippen molar-refractivity contribution in [3.05, 3.63) is 68.1 Å². The molecule has 0 bridgehead atoms. The van der Waals surface area contributed by atoms with Gasteiger partial charge < -0.3 is 5.11 Å². The molecular weight excluding hydrogens is 344 g/mol. The fourth-order valence-corrected chi connectivity index (χ4v) is 3.01. The van der Waals surface area contributed by atoms with Crippen molar-refractivity contribution < 1.29 is 14.8 Å². The average Bonchev–Trinajstić information content (AvgIpc) is 2.53. The number of carboxylic acid groups (broad SMARTS) is 1. The van der Waals surface area contributed by atoms with Crippen molar-refractivity contribution in [2.24, 2.45) is 0 Å². The largest absolute Gasteiger partial charge is 0.464 e. The number of aromatic nitrogens is 1. The molecular formula is C17H20N2O5S. The van der Waals surface area contributed by atoms with Crippen LogP contribution in [0.3, 0.4) is 0 Å². The summed E-state index contributed by atoms with van der Waals surface area (Å²) in [4.78, 5) is 33.5. The lowest BCUT2D eigenvalue weighted by Crippen LogP contribution is -2.29. The van der Waals surface area contributed by atoms with Crippen molar-refractivity contribution in [3.8, 4) is 0 Å². The molecule has 2 rings (SSSR count). The topological polar surface area (TPSA) is 102 Å². The molecule has 0 aliphatic heterocycles. The van der Waals surface area contributed by atoms with E-state index in [9.17, 15) is 19.7 Å². The van der Waals surface area contributed by atoms with Crippen LogP contribution in [0.5, 0.6) is 0 Å². The van der Waals surface area contributed by atoms with E-state index < -0.39 is 22.3 Å². The lowest BCUT2D eigenvalue weighted by molar-refractivity contribution is -0.389. The Morgan fingerprint density at radius 2 is 1.84 bits per heavy atom. The van der Waals surface area contributed by atoms with Gasteiger partial charge in [-0.05, 0) is 18.6 Å². The number of hydrogen-bond donors (Lipinski definition) is 1. The molecule has 0 aliphatic carbocycles. The van der Waals surface area contributed by atoms with Crippen molar-refractivity contribution >= 4 is 23.5 Å². The van der Waals surface area contributed by atoms with E-state index in [1.165, 1.54) is 19.4 Å². The molecule has 0 atom stereocenters. The number of hydrogen-bond acceptors (Lipinski definition) is 5.